The topological polar surface area (TPSA) is 79.8 Å². The van der Waals surface area contributed by atoms with Gasteiger partial charge in [-0.05, 0) is 43.5 Å². The van der Waals surface area contributed by atoms with Crippen molar-refractivity contribution in [1.29, 1.82) is 0 Å². The van der Waals surface area contributed by atoms with Gasteiger partial charge in [0, 0.05) is 18.8 Å². The number of halogens is 1. The summed E-state index contributed by atoms with van der Waals surface area (Å²) >= 11 is 0. The van der Waals surface area contributed by atoms with Gasteiger partial charge in [-0.15, -0.1) is 12.4 Å². The largest absolute Gasteiger partial charge is 0.488 e. The summed E-state index contributed by atoms with van der Waals surface area (Å²) in [5.74, 6) is 0.555. The molecule has 1 aliphatic carbocycles. The normalized spacial score (nSPS) is 23.7. The highest BCUT2D eigenvalue weighted by Gasteiger charge is 2.24. The number of hydrogen-bond donors (Lipinski definition) is 3. The van der Waals surface area contributed by atoms with Crippen molar-refractivity contribution in [2.24, 2.45) is 0 Å². The van der Waals surface area contributed by atoms with Crippen molar-refractivity contribution in [3.63, 3.8) is 0 Å². The maximum absolute atomic E-state index is 11.8. The van der Waals surface area contributed by atoms with Gasteiger partial charge in [-0.1, -0.05) is 6.42 Å². The minimum Gasteiger partial charge on any atom is -0.488 e. The molecule has 2 atom stereocenters. The van der Waals surface area contributed by atoms with Gasteiger partial charge >= 0.3 is 0 Å². The van der Waals surface area contributed by atoms with Gasteiger partial charge in [0.25, 0.3) is 0 Å². The van der Waals surface area contributed by atoms with Crippen LogP contribution in [0, 0.1) is 0 Å². The van der Waals surface area contributed by atoms with Crippen molar-refractivity contribution in [3.05, 3.63) is 24.3 Å². The van der Waals surface area contributed by atoms with Crippen LogP contribution in [0.4, 0.5) is 5.69 Å². The van der Waals surface area contributed by atoms with Gasteiger partial charge in [-0.2, -0.15) is 0 Å². The molecule has 6 nitrogen and oxygen atoms in total. The van der Waals surface area contributed by atoms with Gasteiger partial charge in [0.1, 0.15) is 18.5 Å². The predicted octanol–water partition coefficient (Wildman–Crippen LogP) is 1.72. The molecule has 1 aromatic carbocycles. The number of benzene rings is 1. The van der Waals surface area contributed by atoms with E-state index in [4.69, 9.17) is 9.47 Å². The van der Waals surface area contributed by atoms with Gasteiger partial charge < -0.3 is 25.2 Å². The predicted molar refractivity (Wildman–Crippen MR) is 93.8 cm³/mol. The van der Waals surface area contributed by atoms with Gasteiger partial charge in [-0.25, -0.2) is 0 Å². The van der Waals surface area contributed by atoms with Crippen molar-refractivity contribution >= 4 is 24.0 Å². The number of anilines is 1. The van der Waals surface area contributed by atoms with Crippen molar-refractivity contribution in [2.75, 3.05) is 25.0 Å². The second-order valence-electron chi connectivity index (χ2n) is 6.17. The zero-order valence-corrected chi connectivity index (χ0v) is 14.4. The Morgan fingerprint density at radius 1 is 1.21 bits per heavy atom. The molecular formula is C17H25ClN2O4. The van der Waals surface area contributed by atoms with E-state index in [1.807, 2.05) is 12.1 Å². The van der Waals surface area contributed by atoms with Crippen molar-refractivity contribution < 1.29 is 19.4 Å². The molecule has 0 aromatic heterocycles. The highest BCUT2D eigenvalue weighted by atomic mass is 35.5. The van der Waals surface area contributed by atoms with E-state index in [9.17, 15) is 9.90 Å². The van der Waals surface area contributed by atoms with Gasteiger partial charge in [0.2, 0.25) is 5.91 Å². The smallest absolute Gasteiger partial charge is 0.250 e. The van der Waals surface area contributed by atoms with Crippen molar-refractivity contribution in [2.45, 2.75) is 44.0 Å². The van der Waals surface area contributed by atoms with Crippen LogP contribution in [0.15, 0.2) is 24.3 Å². The molecule has 0 radical (unpaired) electrons. The Morgan fingerprint density at radius 3 is 2.54 bits per heavy atom. The fourth-order valence-electron chi connectivity index (χ4n) is 2.78. The molecule has 2 aliphatic rings. The molecular weight excluding hydrogens is 332 g/mol. The summed E-state index contributed by atoms with van der Waals surface area (Å²) in [5, 5.41) is 15.8. The number of carbonyl (C=O) groups is 1. The Labute approximate surface area is 148 Å². The third-order valence-corrected chi connectivity index (χ3v) is 4.29. The lowest BCUT2D eigenvalue weighted by atomic mass is 9.95. The van der Waals surface area contributed by atoms with E-state index < -0.39 is 0 Å². The molecule has 0 bridgehead atoms. The molecule has 1 saturated carbocycles. The summed E-state index contributed by atoms with van der Waals surface area (Å²) in [6, 6.07) is 7.22. The fraction of sp³-hybridized carbons (Fsp3) is 0.588. The van der Waals surface area contributed by atoms with E-state index in [1.54, 1.807) is 12.1 Å². The zero-order valence-electron chi connectivity index (χ0n) is 13.6. The van der Waals surface area contributed by atoms with E-state index in [0.29, 0.717) is 11.4 Å². The minimum absolute atomic E-state index is 0. The first-order valence-electron chi connectivity index (χ1n) is 8.27. The number of ether oxygens (including phenoxy) is 2. The third-order valence-electron chi connectivity index (χ3n) is 4.29. The van der Waals surface area contributed by atoms with Crippen LogP contribution >= 0.6 is 12.4 Å². The third kappa shape index (κ3) is 5.34. The quantitative estimate of drug-likeness (QED) is 0.723. The minimum atomic E-state index is -0.388. The Hall–Kier alpha value is -1.34. The zero-order chi connectivity index (χ0) is 16.1. The fourth-order valence-corrected chi connectivity index (χ4v) is 2.78. The molecule has 3 rings (SSSR count). The second-order valence-corrected chi connectivity index (χ2v) is 6.17. The van der Waals surface area contributed by atoms with Crippen LogP contribution in [0.1, 0.15) is 25.7 Å². The number of hydrogen-bond acceptors (Lipinski definition) is 5. The van der Waals surface area contributed by atoms with Crippen LogP contribution in [0.25, 0.3) is 0 Å². The van der Waals surface area contributed by atoms with E-state index in [0.717, 1.165) is 38.8 Å². The average molecular weight is 357 g/mol. The van der Waals surface area contributed by atoms with Crippen LogP contribution in [0.2, 0.25) is 0 Å². The molecule has 0 spiro atoms. The highest BCUT2D eigenvalue weighted by molar-refractivity contribution is 5.91. The first-order chi connectivity index (χ1) is 11.2. The number of aliphatic hydroxyl groups is 1. The standard InChI is InChI=1S/C17H24N2O4.ClH/c20-15-3-1-2-4-16(15)23-13-7-5-12(6-8-13)19-17(21)11-22-14-9-18-10-14;/h5-8,14-16,18,20H,1-4,9-11H2,(H,19,21);1H. The van der Waals surface area contributed by atoms with E-state index in [2.05, 4.69) is 10.6 Å². The summed E-state index contributed by atoms with van der Waals surface area (Å²) in [6.45, 7) is 1.69. The summed E-state index contributed by atoms with van der Waals surface area (Å²) in [7, 11) is 0. The summed E-state index contributed by atoms with van der Waals surface area (Å²) in [6.07, 6.45) is 3.47. The van der Waals surface area contributed by atoms with Gasteiger partial charge in [-0.3, -0.25) is 4.79 Å². The molecule has 1 amide bonds. The van der Waals surface area contributed by atoms with E-state index in [-0.39, 0.29) is 43.2 Å². The summed E-state index contributed by atoms with van der Waals surface area (Å²) in [5.41, 5.74) is 0.710. The van der Waals surface area contributed by atoms with Gasteiger partial charge in [0.05, 0.1) is 12.2 Å². The number of aliphatic hydroxyl groups excluding tert-OH is 1. The molecule has 1 aromatic rings. The first-order valence-corrected chi connectivity index (χ1v) is 8.27. The van der Waals surface area contributed by atoms with Crippen LogP contribution in [0.5, 0.6) is 5.75 Å². The maximum atomic E-state index is 11.8. The van der Waals surface area contributed by atoms with Crippen LogP contribution in [-0.2, 0) is 9.53 Å². The lowest BCUT2D eigenvalue weighted by Gasteiger charge is -2.28. The second kappa shape index (κ2) is 9.22. The number of amides is 1. The molecule has 1 saturated heterocycles. The van der Waals surface area contributed by atoms with Crippen molar-refractivity contribution in [3.8, 4) is 5.75 Å². The number of nitrogens with one attached hydrogen (secondary N) is 2. The van der Waals surface area contributed by atoms with Crippen LogP contribution in [-0.4, -0.2) is 49.0 Å². The monoisotopic (exact) mass is 356 g/mol. The molecule has 1 aliphatic heterocycles. The first kappa shape index (κ1) is 19.0. The highest BCUT2D eigenvalue weighted by Crippen LogP contribution is 2.24. The Morgan fingerprint density at radius 2 is 1.92 bits per heavy atom. The Balaban J connectivity index is 0.00000208. The SMILES string of the molecule is Cl.O=C(COC1CNC1)Nc1ccc(OC2CCCCC2O)cc1. The molecule has 3 N–H and O–H groups in total. The summed E-state index contributed by atoms with van der Waals surface area (Å²) in [4.78, 5) is 11.8. The lowest BCUT2D eigenvalue weighted by Crippen LogP contribution is -2.49. The molecule has 134 valence electrons. The number of rotatable bonds is 6. The van der Waals surface area contributed by atoms with E-state index in [1.165, 1.54) is 0 Å². The lowest BCUT2D eigenvalue weighted by molar-refractivity contribution is -0.123. The van der Waals surface area contributed by atoms with Crippen molar-refractivity contribution in [1.82, 2.24) is 5.32 Å². The van der Waals surface area contributed by atoms with E-state index >= 15 is 0 Å². The summed E-state index contributed by atoms with van der Waals surface area (Å²) < 4.78 is 11.3. The molecule has 24 heavy (non-hydrogen) atoms. The average Bonchev–Trinajstić information content (AvgIpc) is 2.50. The maximum Gasteiger partial charge on any atom is 0.250 e. The number of carbonyl (C=O) groups excluding carboxylic acids is 1. The Kier molecular flexibility index (Phi) is 7.30. The van der Waals surface area contributed by atoms with Gasteiger partial charge in [0.15, 0.2) is 0 Å². The molecule has 7 heteroatoms. The molecule has 2 unspecified atom stereocenters. The molecule has 2 fully saturated rings. The van der Waals surface area contributed by atoms with Crippen LogP contribution < -0.4 is 15.4 Å². The van der Waals surface area contributed by atoms with Crippen LogP contribution in [0.3, 0.4) is 0 Å². The Bertz CT molecular complexity index is 522. The molecule has 1 heterocycles.